The molecule has 1 aromatic heterocycles. The molecular weight excluding hydrogens is 280 g/mol. The minimum atomic E-state index is 0.0516. The highest BCUT2D eigenvalue weighted by Crippen LogP contribution is 2.19. The van der Waals surface area contributed by atoms with Crippen LogP contribution in [0.25, 0.3) is 0 Å². The Hall–Kier alpha value is -0.720. The normalized spacial score (nSPS) is 20.4. The van der Waals surface area contributed by atoms with E-state index in [2.05, 4.69) is 17.2 Å². The molecular formula is C13H20N2O2S2. The Morgan fingerprint density at radius 1 is 1.68 bits per heavy atom. The van der Waals surface area contributed by atoms with Crippen LogP contribution in [0.4, 0.5) is 0 Å². The molecule has 6 heteroatoms. The van der Waals surface area contributed by atoms with Crippen molar-refractivity contribution in [3.8, 4) is 0 Å². The Bertz CT molecular complexity index is 489. The zero-order valence-corrected chi connectivity index (χ0v) is 13.0. The van der Waals surface area contributed by atoms with E-state index in [1.54, 1.807) is 0 Å². The van der Waals surface area contributed by atoms with Crippen LogP contribution in [0.1, 0.15) is 36.8 Å². The maximum Gasteiger partial charge on any atom is 0.225 e. The van der Waals surface area contributed by atoms with Crippen LogP contribution in [0, 0.1) is 10.9 Å². The summed E-state index contributed by atoms with van der Waals surface area (Å²) in [6.45, 7) is 4.85. The van der Waals surface area contributed by atoms with Gasteiger partial charge < -0.3 is 15.0 Å². The number of hydrogen-bond acceptors (Lipinski definition) is 4. The molecule has 1 aliphatic rings. The number of rotatable bonds is 5. The second-order valence-electron chi connectivity index (χ2n) is 4.87. The summed E-state index contributed by atoms with van der Waals surface area (Å²) in [4.78, 5) is 16.2. The van der Waals surface area contributed by atoms with Gasteiger partial charge in [0.1, 0.15) is 0 Å². The van der Waals surface area contributed by atoms with E-state index in [-0.39, 0.29) is 18.1 Å². The number of nitrogens with one attached hydrogen (secondary N) is 2. The maximum absolute atomic E-state index is 12.1. The van der Waals surface area contributed by atoms with Gasteiger partial charge in [0.05, 0.1) is 18.6 Å². The Morgan fingerprint density at radius 3 is 3.00 bits per heavy atom. The van der Waals surface area contributed by atoms with Crippen LogP contribution in [0.2, 0.25) is 0 Å². The molecule has 0 bridgehead atoms. The number of aromatic nitrogens is 1. The largest absolute Gasteiger partial charge is 0.376 e. The lowest BCUT2D eigenvalue weighted by Crippen LogP contribution is -2.43. The van der Waals surface area contributed by atoms with Gasteiger partial charge in [-0.1, -0.05) is 6.92 Å². The molecule has 2 atom stereocenters. The average molecular weight is 300 g/mol. The van der Waals surface area contributed by atoms with E-state index in [0.29, 0.717) is 6.42 Å². The third kappa shape index (κ3) is 3.87. The Kier molecular flexibility index (Phi) is 5.13. The summed E-state index contributed by atoms with van der Waals surface area (Å²) >= 11 is 6.56. The van der Waals surface area contributed by atoms with Crippen LogP contribution in [-0.4, -0.2) is 29.6 Å². The highest BCUT2D eigenvalue weighted by atomic mass is 32.1. The van der Waals surface area contributed by atoms with Crippen molar-refractivity contribution in [1.29, 1.82) is 0 Å². The topological polar surface area (TPSA) is 54.1 Å². The number of carbonyl (C=O) groups excluding carboxylic acids is 1. The predicted molar refractivity (Wildman–Crippen MR) is 79.1 cm³/mol. The molecule has 19 heavy (non-hydrogen) atoms. The van der Waals surface area contributed by atoms with E-state index in [4.69, 9.17) is 17.0 Å². The van der Waals surface area contributed by atoms with Crippen molar-refractivity contribution in [2.75, 3.05) is 6.61 Å². The fourth-order valence-corrected chi connectivity index (χ4v) is 3.68. The number of amides is 1. The van der Waals surface area contributed by atoms with Crippen molar-refractivity contribution in [1.82, 2.24) is 10.3 Å². The first-order chi connectivity index (χ1) is 9.10. The van der Waals surface area contributed by atoms with E-state index in [1.807, 2.05) is 6.92 Å². The zero-order chi connectivity index (χ0) is 13.8. The molecule has 106 valence electrons. The highest BCUT2D eigenvalue weighted by Gasteiger charge is 2.26. The average Bonchev–Trinajstić information content (AvgIpc) is 2.97. The molecule has 1 aromatic rings. The van der Waals surface area contributed by atoms with Gasteiger partial charge in [0, 0.05) is 17.2 Å². The number of thiazole rings is 1. The molecule has 4 nitrogen and oxygen atoms in total. The fourth-order valence-electron chi connectivity index (χ4n) is 2.39. The number of hydrogen-bond donors (Lipinski definition) is 2. The summed E-state index contributed by atoms with van der Waals surface area (Å²) in [5, 5.41) is 3.09. The van der Waals surface area contributed by atoms with Gasteiger partial charge in [-0.3, -0.25) is 4.79 Å². The Labute approximate surface area is 122 Å². The van der Waals surface area contributed by atoms with E-state index in [9.17, 15) is 4.79 Å². The summed E-state index contributed by atoms with van der Waals surface area (Å²) < 4.78 is 6.38. The van der Waals surface area contributed by atoms with Crippen molar-refractivity contribution in [2.24, 2.45) is 0 Å². The lowest BCUT2D eigenvalue weighted by molar-refractivity contribution is -0.122. The maximum atomic E-state index is 12.1. The first-order valence-corrected chi connectivity index (χ1v) is 7.92. The first-order valence-electron chi connectivity index (χ1n) is 6.69. The van der Waals surface area contributed by atoms with Crippen molar-refractivity contribution in [2.45, 2.75) is 51.7 Å². The summed E-state index contributed by atoms with van der Waals surface area (Å²) in [5.74, 6) is 0.0516. The molecule has 1 amide bonds. The van der Waals surface area contributed by atoms with Gasteiger partial charge in [0.25, 0.3) is 0 Å². The molecule has 0 saturated carbocycles. The van der Waals surface area contributed by atoms with Crippen LogP contribution >= 0.6 is 23.6 Å². The number of carbonyl (C=O) groups is 1. The smallest absolute Gasteiger partial charge is 0.225 e. The Morgan fingerprint density at radius 2 is 2.47 bits per heavy atom. The number of aromatic amines is 1. The molecule has 0 unspecified atom stereocenters. The minimum Gasteiger partial charge on any atom is -0.376 e. The number of H-pyrrole nitrogens is 1. The van der Waals surface area contributed by atoms with Crippen LogP contribution < -0.4 is 5.32 Å². The summed E-state index contributed by atoms with van der Waals surface area (Å²) in [5.41, 5.74) is 0.996. The van der Waals surface area contributed by atoms with E-state index >= 15 is 0 Å². The second-order valence-corrected chi connectivity index (χ2v) is 6.65. The van der Waals surface area contributed by atoms with Gasteiger partial charge >= 0.3 is 0 Å². The molecule has 0 aliphatic carbocycles. The van der Waals surface area contributed by atoms with Crippen LogP contribution in [-0.2, 0) is 16.0 Å². The third-order valence-corrected chi connectivity index (χ3v) is 4.78. The van der Waals surface area contributed by atoms with Crippen LogP contribution in [0.15, 0.2) is 0 Å². The monoisotopic (exact) mass is 300 g/mol. The molecule has 1 aliphatic heterocycles. The lowest BCUT2D eigenvalue weighted by atomic mass is 10.1. The van der Waals surface area contributed by atoms with E-state index < -0.39 is 0 Å². The third-order valence-electron chi connectivity index (χ3n) is 3.44. The molecule has 1 saturated heterocycles. The molecule has 1 fully saturated rings. The van der Waals surface area contributed by atoms with Gasteiger partial charge in [-0.25, -0.2) is 0 Å². The molecule has 2 rings (SSSR count). The van der Waals surface area contributed by atoms with Gasteiger partial charge in [0.2, 0.25) is 5.91 Å². The second kappa shape index (κ2) is 6.63. The van der Waals surface area contributed by atoms with E-state index in [0.717, 1.165) is 40.4 Å². The van der Waals surface area contributed by atoms with Gasteiger partial charge in [-0.05, 0) is 38.4 Å². The summed E-state index contributed by atoms with van der Waals surface area (Å²) in [7, 11) is 0. The van der Waals surface area contributed by atoms with Crippen LogP contribution in [0.5, 0.6) is 0 Å². The quantitative estimate of drug-likeness (QED) is 0.822. The highest BCUT2D eigenvalue weighted by molar-refractivity contribution is 7.73. The number of aryl methyl sites for hydroxylation is 1. The molecule has 0 radical (unpaired) electrons. The predicted octanol–water partition coefficient (Wildman–Crippen LogP) is 2.73. The van der Waals surface area contributed by atoms with Crippen molar-refractivity contribution in [3.05, 3.63) is 14.5 Å². The summed E-state index contributed by atoms with van der Waals surface area (Å²) in [6.07, 6.45) is 3.61. The van der Waals surface area contributed by atoms with Gasteiger partial charge in [-0.15, -0.1) is 11.3 Å². The van der Waals surface area contributed by atoms with Gasteiger partial charge in [-0.2, -0.15) is 0 Å². The first kappa shape index (κ1) is 14.7. The Balaban J connectivity index is 1.92. The lowest BCUT2D eigenvalue weighted by Gasteiger charge is -2.22. The van der Waals surface area contributed by atoms with Crippen molar-refractivity contribution < 1.29 is 9.53 Å². The van der Waals surface area contributed by atoms with E-state index in [1.165, 1.54) is 11.3 Å². The fraction of sp³-hybridized carbons (Fsp3) is 0.692. The summed E-state index contributed by atoms with van der Waals surface area (Å²) in [6, 6.07) is 0.127. The minimum absolute atomic E-state index is 0.0516. The van der Waals surface area contributed by atoms with Crippen molar-refractivity contribution in [3.63, 3.8) is 0 Å². The van der Waals surface area contributed by atoms with Crippen LogP contribution in [0.3, 0.4) is 0 Å². The van der Waals surface area contributed by atoms with Gasteiger partial charge in [0.15, 0.2) is 3.95 Å². The standard InChI is InChI=1S/C13H20N2O2S2/c1-3-9(10-5-4-6-17-10)15-12(16)7-11-8(2)14-13(18)19-11/h9-10H,3-7H2,1-2H3,(H,14,18)(H,15,16)/t9-,10-/m1/s1. The SMILES string of the molecule is CC[C@@H](NC(=O)Cc1sc(=S)[nH]c1C)[C@H]1CCCO1. The van der Waals surface area contributed by atoms with Crippen molar-refractivity contribution >= 4 is 29.5 Å². The molecule has 0 spiro atoms. The zero-order valence-electron chi connectivity index (χ0n) is 11.3. The molecule has 2 N–H and O–H groups in total. The molecule has 2 heterocycles. The molecule has 0 aromatic carbocycles. The number of ether oxygens (including phenoxy) is 1.